The molecule has 1 aromatic heterocycles. The largest absolute Gasteiger partial charge is 0.497 e. The van der Waals surface area contributed by atoms with Crippen molar-refractivity contribution in [1.29, 1.82) is 0 Å². The summed E-state index contributed by atoms with van der Waals surface area (Å²) in [6.07, 6.45) is 1.87. The maximum atomic E-state index is 12.6. The highest BCUT2D eigenvalue weighted by Crippen LogP contribution is 2.28. The number of aryl methyl sites for hydroxylation is 2. The Labute approximate surface area is 190 Å². The summed E-state index contributed by atoms with van der Waals surface area (Å²) in [6.45, 7) is 11.0. The molecule has 1 aliphatic heterocycles. The highest BCUT2D eigenvalue weighted by molar-refractivity contribution is 5.97. The molecule has 8 heteroatoms. The molecule has 1 fully saturated rings. The van der Waals surface area contributed by atoms with Gasteiger partial charge in [-0.25, -0.2) is 0 Å². The number of amides is 1. The van der Waals surface area contributed by atoms with Crippen LogP contribution in [0.15, 0.2) is 18.2 Å². The molecule has 8 nitrogen and oxygen atoms in total. The Morgan fingerprint density at radius 1 is 1.22 bits per heavy atom. The van der Waals surface area contributed by atoms with E-state index in [1.165, 1.54) is 11.3 Å². The molecule has 0 atom stereocenters. The SMILES string of the molecule is CCn1nc(C)c(CN2CCC(Oc3cc(OC)ccc3C(=O)NCCOC)CC2)c1C. The van der Waals surface area contributed by atoms with Crippen molar-refractivity contribution >= 4 is 5.91 Å². The Balaban J connectivity index is 1.62. The van der Waals surface area contributed by atoms with Gasteiger partial charge in [0.05, 0.1) is 25.0 Å². The van der Waals surface area contributed by atoms with E-state index in [2.05, 4.69) is 40.8 Å². The van der Waals surface area contributed by atoms with Gasteiger partial charge in [0, 0.05) is 57.2 Å². The third-order valence-corrected chi connectivity index (χ3v) is 6.07. The van der Waals surface area contributed by atoms with Gasteiger partial charge in [0.2, 0.25) is 0 Å². The Morgan fingerprint density at radius 3 is 2.59 bits per heavy atom. The second-order valence-electron chi connectivity index (χ2n) is 8.17. The van der Waals surface area contributed by atoms with Gasteiger partial charge in [0.1, 0.15) is 17.6 Å². The van der Waals surface area contributed by atoms with Gasteiger partial charge in [-0.15, -0.1) is 0 Å². The van der Waals surface area contributed by atoms with Crippen molar-refractivity contribution in [1.82, 2.24) is 20.0 Å². The van der Waals surface area contributed by atoms with Crippen LogP contribution >= 0.6 is 0 Å². The van der Waals surface area contributed by atoms with Crippen molar-refractivity contribution in [3.63, 3.8) is 0 Å². The van der Waals surface area contributed by atoms with E-state index in [9.17, 15) is 4.79 Å². The summed E-state index contributed by atoms with van der Waals surface area (Å²) in [4.78, 5) is 15.1. The Morgan fingerprint density at radius 2 is 1.97 bits per heavy atom. The van der Waals surface area contributed by atoms with Gasteiger partial charge in [-0.3, -0.25) is 14.4 Å². The molecule has 1 aromatic carbocycles. The van der Waals surface area contributed by atoms with E-state index in [0.717, 1.165) is 44.7 Å². The van der Waals surface area contributed by atoms with E-state index in [4.69, 9.17) is 14.2 Å². The van der Waals surface area contributed by atoms with Crippen LogP contribution in [0.3, 0.4) is 0 Å². The molecule has 0 bridgehead atoms. The maximum Gasteiger partial charge on any atom is 0.255 e. The third-order valence-electron chi connectivity index (χ3n) is 6.07. The number of carbonyl (C=O) groups is 1. The van der Waals surface area contributed by atoms with Gasteiger partial charge in [-0.05, 0) is 45.7 Å². The summed E-state index contributed by atoms with van der Waals surface area (Å²) in [7, 11) is 3.22. The number of likely N-dealkylation sites (tertiary alicyclic amines) is 1. The number of nitrogens with one attached hydrogen (secondary N) is 1. The number of ether oxygens (including phenoxy) is 3. The molecule has 1 saturated heterocycles. The fraction of sp³-hybridized carbons (Fsp3) is 0.583. The fourth-order valence-corrected chi connectivity index (χ4v) is 4.14. The van der Waals surface area contributed by atoms with E-state index >= 15 is 0 Å². The summed E-state index contributed by atoms with van der Waals surface area (Å²) < 4.78 is 18.7. The number of hydrogen-bond donors (Lipinski definition) is 1. The standard InChI is InChI=1S/C24H36N4O4/c1-6-28-18(3)22(17(2)26-28)16-27-12-9-19(10-13-27)32-23-15-20(31-5)7-8-21(23)24(29)25-11-14-30-4/h7-8,15,19H,6,9-14,16H2,1-5H3,(H,25,29). The summed E-state index contributed by atoms with van der Waals surface area (Å²) in [5.74, 6) is 1.06. The lowest BCUT2D eigenvalue weighted by Gasteiger charge is -2.32. The quantitative estimate of drug-likeness (QED) is 0.568. The van der Waals surface area contributed by atoms with Crippen LogP contribution in [-0.4, -0.2) is 67.2 Å². The van der Waals surface area contributed by atoms with E-state index in [-0.39, 0.29) is 12.0 Å². The first-order chi connectivity index (χ1) is 15.5. The van der Waals surface area contributed by atoms with Gasteiger partial charge < -0.3 is 19.5 Å². The molecule has 3 rings (SSSR count). The number of benzene rings is 1. The highest BCUT2D eigenvalue weighted by Gasteiger charge is 2.24. The normalized spacial score (nSPS) is 15.0. The second kappa shape index (κ2) is 11.3. The first-order valence-corrected chi connectivity index (χ1v) is 11.3. The molecule has 0 saturated carbocycles. The molecule has 1 N–H and O–H groups in total. The smallest absolute Gasteiger partial charge is 0.255 e. The zero-order chi connectivity index (χ0) is 23.1. The van der Waals surface area contributed by atoms with Crippen LogP contribution in [0.5, 0.6) is 11.5 Å². The summed E-state index contributed by atoms with van der Waals surface area (Å²) in [6, 6.07) is 5.33. The van der Waals surface area contributed by atoms with Crippen molar-refractivity contribution in [3.05, 3.63) is 40.7 Å². The Hall–Kier alpha value is -2.58. The van der Waals surface area contributed by atoms with Crippen LogP contribution in [0.2, 0.25) is 0 Å². The molecule has 0 unspecified atom stereocenters. The first kappa shape index (κ1) is 24.1. The minimum Gasteiger partial charge on any atom is -0.497 e. The minimum atomic E-state index is -0.170. The van der Waals surface area contributed by atoms with Crippen LogP contribution in [0.4, 0.5) is 0 Å². The monoisotopic (exact) mass is 444 g/mol. The first-order valence-electron chi connectivity index (χ1n) is 11.3. The van der Waals surface area contributed by atoms with Crippen molar-refractivity contribution in [2.75, 3.05) is 40.5 Å². The number of carbonyl (C=O) groups excluding carboxylic acids is 1. The summed E-state index contributed by atoms with van der Waals surface area (Å²) >= 11 is 0. The van der Waals surface area contributed by atoms with Crippen molar-refractivity contribution in [3.8, 4) is 11.5 Å². The summed E-state index contributed by atoms with van der Waals surface area (Å²) in [5, 5.41) is 7.51. The van der Waals surface area contributed by atoms with Crippen LogP contribution in [-0.2, 0) is 17.8 Å². The molecular weight excluding hydrogens is 408 g/mol. The molecular formula is C24H36N4O4. The molecule has 32 heavy (non-hydrogen) atoms. The number of nitrogens with zero attached hydrogens (tertiary/aromatic N) is 3. The third kappa shape index (κ3) is 5.81. The van der Waals surface area contributed by atoms with Crippen LogP contribution in [0, 0.1) is 13.8 Å². The topological polar surface area (TPSA) is 77.9 Å². The van der Waals surface area contributed by atoms with Gasteiger partial charge >= 0.3 is 0 Å². The van der Waals surface area contributed by atoms with E-state index < -0.39 is 0 Å². The summed E-state index contributed by atoms with van der Waals surface area (Å²) in [5.41, 5.74) is 4.21. The van der Waals surface area contributed by atoms with Gasteiger partial charge in [0.15, 0.2) is 0 Å². The average molecular weight is 445 g/mol. The lowest BCUT2D eigenvalue weighted by Crippen LogP contribution is -2.38. The van der Waals surface area contributed by atoms with Crippen LogP contribution < -0.4 is 14.8 Å². The number of aromatic nitrogens is 2. The highest BCUT2D eigenvalue weighted by atomic mass is 16.5. The van der Waals surface area contributed by atoms with Gasteiger partial charge in [0.25, 0.3) is 5.91 Å². The number of methoxy groups -OCH3 is 2. The van der Waals surface area contributed by atoms with Crippen molar-refractivity contribution < 1.29 is 19.0 Å². The van der Waals surface area contributed by atoms with Gasteiger partial charge in [-0.1, -0.05) is 0 Å². The molecule has 0 radical (unpaired) electrons. The van der Waals surface area contributed by atoms with Crippen LogP contribution in [0.1, 0.15) is 47.1 Å². The predicted octanol–water partition coefficient (Wildman–Crippen LogP) is 2.95. The Bertz CT molecular complexity index is 904. The molecule has 1 aliphatic rings. The molecule has 0 aliphatic carbocycles. The maximum absolute atomic E-state index is 12.6. The zero-order valence-electron chi connectivity index (χ0n) is 19.9. The number of rotatable bonds is 10. The molecule has 2 heterocycles. The predicted molar refractivity (Wildman–Crippen MR) is 124 cm³/mol. The van der Waals surface area contributed by atoms with E-state index in [1.54, 1.807) is 32.4 Å². The molecule has 1 amide bonds. The molecule has 0 spiro atoms. The second-order valence-corrected chi connectivity index (χ2v) is 8.17. The lowest BCUT2D eigenvalue weighted by molar-refractivity contribution is 0.0880. The number of piperidine rings is 1. The van der Waals surface area contributed by atoms with E-state index in [0.29, 0.717) is 30.2 Å². The molecule has 2 aromatic rings. The van der Waals surface area contributed by atoms with Crippen molar-refractivity contribution in [2.24, 2.45) is 0 Å². The number of hydrogen-bond acceptors (Lipinski definition) is 6. The van der Waals surface area contributed by atoms with Crippen LogP contribution in [0.25, 0.3) is 0 Å². The Kier molecular flexibility index (Phi) is 8.53. The minimum absolute atomic E-state index is 0.0597. The lowest BCUT2D eigenvalue weighted by atomic mass is 10.1. The average Bonchev–Trinajstić information content (AvgIpc) is 3.07. The van der Waals surface area contributed by atoms with E-state index in [1.807, 2.05) is 0 Å². The fourth-order valence-electron chi connectivity index (χ4n) is 4.14. The molecule has 176 valence electrons. The zero-order valence-corrected chi connectivity index (χ0v) is 19.9. The van der Waals surface area contributed by atoms with Gasteiger partial charge in [-0.2, -0.15) is 5.10 Å². The van der Waals surface area contributed by atoms with Crippen molar-refractivity contribution in [2.45, 2.75) is 52.8 Å².